The van der Waals surface area contributed by atoms with Gasteiger partial charge in [-0.2, -0.15) is 0 Å². The third kappa shape index (κ3) is 3.16. The predicted octanol–water partition coefficient (Wildman–Crippen LogP) is 2.35. The van der Waals surface area contributed by atoms with Crippen LogP contribution < -0.4 is 15.4 Å². The van der Waals surface area contributed by atoms with Gasteiger partial charge >= 0.3 is 0 Å². The van der Waals surface area contributed by atoms with E-state index in [4.69, 9.17) is 10.5 Å². The number of ether oxygens (including phenoxy) is 1. The molecule has 0 aliphatic heterocycles. The second-order valence-corrected chi connectivity index (χ2v) is 4.42. The molecule has 0 aliphatic carbocycles. The van der Waals surface area contributed by atoms with Crippen LogP contribution >= 0.6 is 0 Å². The molecule has 2 N–H and O–H groups in total. The molecule has 0 fully saturated rings. The Morgan fingerprint density at radius 2 is 1.95 bits per heavy atom. The number of methoxy groups -OCH3 is 1. The van der Waals surface area contributed by atoms with Gasteiger partial charge in [0.25, 0.3) is 0 Å². The molecule has 2 aromatic rings. The zero-order valence-corrected chi connectivity index (χ0v) is 11.3. The normalized spacial score (nSPS) is 10.2. The van der Waals surface area contributed by atoms with E-state index in [0.29, 0.717) is 11.4 Å². The fraction of sp³-hybridized carbons (Fsp3) is 0.267. The minimum Gasteiger partial charge on any atom is -0.495 e. The molecular weight excluding hydrogens is 238 g/mol. The predicted molar refractivity (Wildman–Crippen MR) is 78.6 cm³/mol. The highest BCUT2D eigenvalue weighted by Gasteiger charge is 2.09. The number of aromatic nitrogens is 1. The Morgan fingerprint density at radius 3 is 2.63 bits per heavy atom. The van der Waals surface area contributed by atoms with Gasteiger partial charge in [0.15, 0.2) is 0 Å². The van der Waals surface area contributed by atoms with Gasteiger partial charge in [-0.25, -0.2) is 0 Å². The number of rotatable bonds is 5. The second-order valence-electron chi connectivity index (χ2n) is 4.42. The number of nitrogen functional groups attached to an aromatic ring is 1. The van der Waals surface area contributed by atoms with E-state index in [1.807, 2.05) is 49.8 Å². The molecule has 0 atom stereocenters. The summed E-state index contributed by atoms with van der Waals surface area (Å²) >= 11 is 0. The van der Waals surface area contributed by atoms with Gasteiger partial charge in [0, 0.05) is 26.0 Å². The third-order valence-electron chi connectivity index (χ3n) is 3.16. The van der Waals surface area contributed by atoms with Crippen LogP contribution in [-0.4, -0.2) is 25.7 Å². The molecule has 0 radical (unpaired) electrons. The third-order valence-corrected chi connectivity index (χ3v) is 3.16. The highest BCUT2D eigenvalue weighted by atomic mass is 16.5. The maximum atomic E-state index is 6.09. The molecule has 0 amide bonds. The van der Waals surface area contributed by atoms with Crippen LogP contribution in [0, 0.1) is 0 Å². The summed E-state index contributed by atoms with van der Waals surface area (Å²) < 4.78 is 5.24. The fourth-order valence-electron chi connectivity index (χ4n) is 2.01. The van der Waals surface area contributed by atoms with Crippen molar-refractivity contribution in [2.45, 2.75) is 6.42 Å². The van der Waals surface area contributed by atoms with Crippen molar-refractivity contribution in [3.8, 4) is 5.75 Å². The molecule has 1 heterocycles. The monoisotopic (exact) mass is 257 g/mol. The summed E-state index contributed by atoms with van der Waals surface area (Å²) in [5.74, 6) is 0.716. The van der Waals surface area contributed by atoms with Crippen molar-refractivity contribution in [1.29, 1.82) is 0 Å². The van der Waals surface area contributed by atoms with Crippen LogP contribution in [0.15, 0.2) is 42.7 Å². The molecule has 0 saturated heterocycles. The van der Waals surface area contributed by atoms with E-state index in [0.717, 1.165) is 18.7 Å². The van der Waals surface area contributed by atoms with Crippen LogP contribution in [0.3, 0.4) is 0 Å². The second kappa shape index (κ2) is 6.09. The molecule has 0 bridgehead atoms. The van der Waals surface area contributed by atoms with Gasteiger partial charge in [-0.15, -0.1) is 0 Å². The molecule has 0 unspecified atom stereocenters. The molecule has 2 rings (SSSR count). The summed E-state index contributed by atoms with van der Waals surface area (Å²) in [7, 11) is 3.67. The molecule has 4 heteroatoms. The lowest BCUT2D eigenvalue weighted by Gasteiger charge is -2.22. The number of pyridine rings is 1. The lowest BCUT2D eigenvalue weighted by molar-refractivity contribution is 0.417. The van der Waals surface area contributed by atoms with Crippen molar-refractivity contribution in [3.05, 3.63) is 48.3 Å². The van der Waals surface area contributed by atoms with Crippen LogP contribution in [0.2, 0.25) is 0 Å². The van der Waals surface area contributed by atoms with Gasteiger partial charge in [0.2, 0.25) is 0 Å². The van der Waals surface area contributed by atoms with Crippen molar-refractivity contribution in [2.24, 2.45) is 0 Å². The van der Waals surface area contributed by atoms with Gasteiger partial charge in [0.05, 0.1) is 18.5 Å². The summed E-state index contributed by atoms with van der Waals surface area (Å²) in [4.78, 5) is 6.15. The Bertz CT molecular complexity index is 528. The number of benzene rings is 1. The molecule has 0 spiro atoms. The summed E-state index contributed by atoms with van der Waals surface area (Å²) in [6.07, 6.45) is 4.58. The summed E-state index contributed by atoms with van der Waals surface area (Å²) in [6.45, 7) is 0.890. The van der Waals surface area contributed by atoms with Crippen molar-refractivity contribution in [2.75, 3.05) is 31.3 Å². The zero-order valence-electron chi connectivity index (χ0n) is 11.3. The van der Waals surface area contributed by atoms with Crippen molar-refractivity contribution in [3.63, 3.8) is 0 Å². The van der Waals surface area contributed by atoms with Crippen LogP contribution in [0.5, 0.6) is 5.75 Å². The maximum absolute atomic E-state index is 6.09. The molecule has 0 saturated carbocycles. The van der Waals surface area contributed by atoms with Gasteiger partial charge in [-0.05, 0) is 36.2 Å². The van der Waals surface area contributed by atoms with Crippen molar-refractivity contribution in [1.82, 2.24) is 4.98 Å². The van der Waals surface area contributed by atoms with E-state index >= 15 is 0 Å². The van der Waals surface area contributed by atoms with Crippen LogP contribution in [0.25, 0.3) is 0 Å². The summed E-state index contributed by atoms with van der Waals surface area (Å²) in [5.41, 5.74) is 9.03. The van der Waals surface area contributed by atoms with E-state index in [1.165, 1.54) is 5.56 Å². The fourth-order valence-corrected chi connectivity index (χ4v) is 2.01. The Morgan fingerprint density at radius 1 is 1.21 bits per heavy atom. The van der Waals surface area contributed by atoms with E-state index < -0.39 is 0 Å². The summed E-state index contributed by atoms with van der Waals surface area (Å²) in [6, 6.07) is 9.89. The minimum atomic E-state index is 0.683. The first-order valence-electron chi connectivity index (χ1n) is 6.25. The number of hydrogen-bond acceptors (Lipinski definition) is 4. The number of nitrogens with zero attached hydrogens (tertiary/aromatic N) is 2. The molecule has 4 nitrogen and oxygen atoms in total. The Hall–Kier alpha value is -2.23. The highest BCUT2D eigenvalue weighted by Crippen LogP contribution is 2.31. The van der Waals surface area contributed by atoms with Crippen molar-refractivity contribution >= 4 is 11.4 Å². The Kier molecular flexibility index (Phi) is 4.23. The Labute approximate surface area is 113 Å². The largest absolute Gasteiger partial charge is 0.495 e. The number of likely N-dealkylation sites (N-methyl/N-ethyl adjacent to an activating group) is 1. The lowest BCUT2D eigenvalue weighted by Crippen LogP contribution is -2.21. The molecular formula is C15H19N3O. The molecule has 1 aromatic heterocycles. The molecule has 1 aromatic carbocycles. The van der Waals surface area contributed by atoms with Crippen LogP contribution in [0.4, 0.5) is 11.4 Å². The zero-order chi connectivity index (χ0) is 13.7. The van der Waals surface area contributed by atoms with E-state index in [-0.39, 0.29) is 0 Å². The SMILES string of the molecule is COc1cccc(N(C)CCc2ccncc2)c1N. The Balaban J connectivity index is 2.06. The molecule has 0 aliphatic rings. The first-order valence-corrected chi connectivity index (χ1v) is 6.25. The average molecular weight is 257 g/mol. The van der Waals surface area contributed by atoms with Gasteiger partial charge in [-0.1, -0.05) is 6.07 Å². The minimum absolute atomic E-state index is 0.683. The van der Waals surface area contributed by atoms with Crippen molar-refractivity contribution < 1.29 is 4.74 Å². The molecule has 19 heavy (non-hydrogen) atoms. The van der Waals surface area contributed by atoms with Crippen LogP contribution in [0.1, 0.15) is 5.56 Å². The van der Waals surface area contributed by atoms with E-state index in [2.05, 4.69) is 9.88 Å². The average Bonchev–Trinajstić information content (AvgIpc) is 2.46. The smallest absolute Gasteiger partial charge is 0.143 e. The lowest BCUT2D eigenvalue weighted by atomic mass is 10.1. The van der Waals surface area contributed by atoms with Gasteiger partial charge in [-0.3, -0.25) is 4.98 Å². The standard InChI is InChI=1S/C15H19N3O/c1-18(11-8-12-6-9-17-10-7-12)13-4-3-5-14(19-2)15(13)16/h3-7,9-10H,8,11,16H2,1-2H3. The van der Waals surface area contributed by atoms with Crippen LogP contribution in [-0.2, 0) is 6.42 Å². The van der Waals surface area contributed by atoms with Gasteiger partial charge < -0.3 is 15.4 Å². The number of para-hydroxylation sites is 1. The topological polar surface area (TPSA) is 51.4 Å². The van der Waals surface area contributed by atoms with Gasteiger partial charge in [0.1, 0.15) is 5.75 Å². The van der Waals surface area contributed by atoms with E-state index in [9.17, 15) is 0 Å². The highest BCUT2D eigenvalue weighted by molar-refractivity contribution is 5.73. The number of nitrogens with two attached hydrogens (primary N) is 1. The molecule has 100 valence electrons. The summed E-state index contributed by atoms with van der Waals surface area (Å²) in [5, 5.41) is 0. The first kappa shape index (κ1) is 13.2. The van der Waals surface area contributed by atoms with E-state index in [1.54, 1.807) is 7.11 Å². The number of hydrogen-bond donors (Lipinski definition) is 1. The maximum Gasteiger partial charge on any atom is 0.143 e. The first-order chi connectivity index (χ1) is 9.22. The number of anilines is 2. The quantitative estimate of drug-likeness (QED) is 0.835.